The fourth-order valence-electron chi connectivity index (χ4n) is 1.16. The monoisotopic (exact) mass is 156 g/mol. The van der Waals surface area contributed by atoms with Crippen molar-refractivity contribution in [3.8, 4) is 0 Å². The molecular formula is C9H16O2. The Morgan fingerprint density at radius 1 is 1.55 bits per heavy atom. The summed E-state index contributed by atoms with van der Waals surface area (Å²) in [5, 5.41) is 0. The molecule has 2 nitrogen and oxygen atoms in total. The van der Waals surface area contributed by atoms with Crippen LogP contribution in [0.3, 0.4) is 0 Å². The normalized spacial score (nSPS) is 31.6. The van der Waals surface area contributed by atoms with Crippen molar-refractivity contribution in [3.63, 3.8) is 0 Å². The van der Waals surface area contributed by atoms with Crippen molar-refractivity contribution in [1.82, 2.24) is 0 Å². The van der Waals surface area contributed by atoms with Crippen LogP contribution in [0, 0.1) is 12.8 Å². The van der Waals surface area contributed by atoms with E-state index in [-0.39, 0.29) is 12.4 Å². The Morgan fingerprint density at radius 3 is 2.73 bits per heavy atom. The first-order chi connectivity index (χ1) is 5.24. The SMILES string of the molecule is [CH]CCC1COC(C(C)C)O1. The van der Waals surface area contributed by atoms with Gasteiger partial charge in [0.05, 0.1) is 12.7 Å². The van der Waals surface area contributed by atoms with Gasteiger partial charge in [0.25, 0.3) is 0 Å². The number of ether oxygens (including phenoxy) is 2. The van der Waals surface area contributed by atoms with E-state index in [1.807, 2.05) is 0 Å². The van der Waals surface area contributed by atoms with Gasteiger partial charge in [0.2, 0.25) is 0 Å². The Hall–Kier alpha value is -0.0800. The average Bonchev–Trinajstić information content (AvgIpc) is 2.37. The van der Waals surface area contributed by atoms with Crippen LogP contribution in [0.5, 0.6) is 0 Å². The Morgan fingerprint density at radius 2 is 2.27 bits per heavy atom. The summed E-state index contributed by atoms with van der Waals surface area (Å²) in [4.78, 5) is 0. The van der Waals surface area contributed by atoms with Gasteiger partial charge in [-0.15, -0.1) is 0 Å². The molecule has 1 fully saturated rings. The number of rotatable bonds is 3. The van der Waals surface area contributed by atoms with E-state index in [9.17, 15) is 0 Å². The minimum absolute atomic E-state index is 0.00782. The maximum atomic E-state index is 5.56. The molecule has 0 aromatic heterocycles. The van der Waals surface area contributed by atoms with Crippen molar-refractivity contribution in [2.75, 3.05) is 6.61 Å². The van der Waals surface area contributed by atoms with E-state index < -0.39 is 0 Å². The highest BCUT2D eigenvalue weighted by Gasteiger charge is 2.27. The lowest BCUT2D eigenvalue weighted by Gasteiger charge is -2.13. The summed E-state index contributed by atoms with van der Waals surface area (Å²) >= 11 is 0. The molecule has 0 bridgehead atoms. The standard InChI is InChI=1S/C9H16O2/c1-4-5-8-6-10-9(11-8)7(2)3/h1,7-9H,4-6H2,2-3H3. The van der Waals surface area contributed by atoms with Crippen LogP contribution in [0.4, 0.5) is 0 Å². The largest absolute Gasteiger partial charge is 0.350 e. The number of hydrogen-bond acceptors (Lipinski definition) is 2. The van der Waals surface area contributed by atoms with Crippen molar-refractivity contribution < 1.29 is 9.47 Å². The van der Waals surface area contributed by atoms with Crippen LogP contribution in [0.25, 0.3) is 0 Å². The Labute approximate surface area is 68.9 Å². The number of hydrogen-bond donors (Lipinski definition) is 0. The van der Waals surface area contributed by atoms with Gasteiger partial charge < -0.3 is 9.47 Å². The summed E-state index contributed by atoms with van der Waals surface area (Å²) in [5.41, 5.74) is 0. The lowest BCUT2D eigenvalue weighted by molar-refractivity contribution is -0.0877. The highest BCUT2D eigenvalue weighted by molar-refractivity contribution is 4.67. The van der Waals surface area contributed by atoms with Crippen molar-refractivity contribution in [1.29, 1.82) is 0 Å². The molecule has 11 heavy (non-hydrogen) atoms. The Bertz CT molecular complexity index is 112. The predicted octanol–water partition coefficient (Wildman–Crippen LogP) is 1.88. The molecule has 0 saturated carbocycles. The minimum Gasteiger partial charge on any atom is -0.350 e. The third-order valence-corrected chi connectivity index (χ3v) is 1.81. The molecule has 2 unspecified atom stereocenters. The first kappa shape index (κ1) is 9.01. The third-order valence-electron chi connectivity index (χ3n) is 1.81. The van der Waals surface area contributed by atoms with E-state index in [4.69, 9.17) is 16.4 Å². The van der Waals surface area contributed by atoms with Crippen LogP contribution in [0.15, 0.2) is 0 Å². The molecule has 0 spiro atoms. The van der Waals surface area contributed by atoms with Gasteiger partial charge in [0, 0.05) is 5.92 Å². The molecule has 0 aromatic rings. The van der Waals surface area contributed by atoms with Gasteiger partial charge in [0.15, 0.2) is 6.29 Å². The van der Waals surface area contributed by atoms with Crippen molar-refractivity contribution >= 4 is 0 Å². The van der Waals surface area contributed by atoms with E-state index in [1.165, 1.54) is 0 Å². The molecule has 2 radical (unpaired) electrons. The van der Waals surface area contributed by atoms with E-state index in [0.717, 1.165) is 6.42 Å². The Balaban J connectivity index is 2.23. The summed E-state index contributed by atoms with van der Waals surface area (Å²) in [6.07, 6.45) is 1.81. The van der Waals surface area contributed by atoms with Crippen LogP contribution in [-0.4, -0.2) is 19.0 Å². The summed E-state index contributed by atoms with van der Waals surface area (Å²) in [7, 11) is 0. The van der Waals surface area contributed by atoms with Crippen LogP contribution in [-0.2, 0) is 9.47 Å². The zero-order valence-corrected chi connectivity index (χ0v) is 7.25. The smallest absolute Gasteiger partial charge is 0.160 e. The van der Waals surface area contributed by atoms with E-state index in [2.05, 4.69) is 13.8 Å². The van der Waals surface area contributed by atoms with Crippen LogP contribution < -0.4 is 0 Å². The summed E-state index contributed by atoms with van der Waals surface area (Å²) in [6.45, 7) is 10.3. The van der Waals surface area contributed by atoms with Gasteiger partial charge >= 0.3 is 0 Å². The fourth-order valence-corrected chi connectivity index (χ4v) is 1.16. The summed E-state index contributed by atoms with van der Waals surface area (Å²) in [5.74, 6) is 0.442. The van der Waals surface area contributed by atoms with Gasteiger partial charge in [-0.2, -0.15) is 0 Å². The highest BCUT2D eigenvalue weighted by atomic mass is 16.7. The molecule has 64 valence electrons. The quantitative estimate of drug-likeness (QED) is 0.621. The van der Waals surface area contributed by atoms with Crippen LogP contribution in [0.1, 0.15) is 26.7 Å². The van der Waals surface area contributed by atoms with Gasteiger partial charge in [-0.05, 0) is 19.8 Å². The molecule has 0 amide bonds. The Kier molecular flexibility index (Phi) is 3.34. The molecule has 0 aromatic carbocycles. The zero-order chi connectivity index (χ0) is 8.27. The van der Waals surface area contributed by atoms with Gasteiger partial charge in [-0.3, -0.25) is 0 Å². The van der Waals surface area contributed by atoms with Crippen molar-refractivity contribution in [2.24, 2.45) is 5.92 Å². The molecule has 1 rings (SSSR count). The molecule has 1 aliphatic heterocycles. The molecule has 0 N–H and O–H groups in total. The lowest BCUT2D eigenvalue weighted by atomic mass is 10.2. The zero-order valence-electron chi connectivity index (χ0n) is 7.25. The summed E-state index contributed by atoms with van der Waals surface area (Å²) < 4.78 is 11.0. The second-order valence-electron chi connectivity index (χ2n) is 3.28. The molecule has 1 heterocycles. The molecule has 2 atom stereocenters. The van der Waals surface area contributed by atoms with E-state index >= 15 is 0 Å². The lowest BCUT2D eigenvalue weighted by Crippen LogP contribution is -2.17. The molecular weight excluding hydrogens is 140 g/mol. The third kappa shape index (κ3) is 2.46. The van der Waals surface area contributed by atoms with Gasteiger partial charge in [-0.25, -0.2) is 0 Å². The van der Waals surface area contributed by atoms with E-state index in [0.29, 0.717) is 18.9 Å². The molecule has 1 aliphatic rings. The topological polar surface area (TPSA) is 18.5 Å². The maximum absolute atomic E-state index is 5.56. The minimum atomic E-state index is -0.00782. The first-order valence-corrected chi connectivity index (χ1v) is 4.21. The van der Waals surface area contributed by atoms with Crippen molar-refractivity contribution in [3.05, 3.63) is 6.92 Å². The second-order valence-corrected chi connectivity index (χ2v) is 3.28. The first-order valence-electron chi connectivity index (χ1n) is 4.21. The maximum Gasteiger partial charge on any atom is 0.160 e. The molecule has 1 saturated heterocycles. The second kappa shape index (κ2) is 4.07. The average molecular weight is 156 g/mol. The van der Waals surface area contributed by atoms with Crippen LogP contribution >= 0.6 is 0 Å². The highest BCUT2D eigenvalue weighted by Crippen LogP contribution is 2.20. The van der Waals surface area contributed by atoms with E-state index in [1.54, 1.807) is 0 Å². The predicted molar refractivity (Wildman–Crippen MR) is 43.0 cm³/mol. The van der Waals surface area contributed by atoms with Crippen molar-refractivity contribution in [2.45, 2.75) is 39.1 Å². The molecule has 0 aliphatic carbocycles. The van der Waals surface area contributed by atoms with Gasteiger partial charge in [0.1, 0.15) is 0 Å². The summed E-state index contributed by atoms with van der Waals surface area (Å²) in [6, 6.07) is 0. The fraction of sp³-hybridized carbons (Fsp3) is 0.889. The van der Waals surface area contributed by atoms with Crippen LogP contribution in [0.2, 0.25) is 0 Å². The molecule has 2 heteroatoms. The van der Waals surface area contributed by atoms with Gasteiger partial charge in [-0.1, -0.05) is 13.8 Å².